The maximum absolute atomic E-state index is 12.6. The molecule has 26 heavy (non-hydrogen) atoms. The van der Waals surface area contributed by atoms with E-state index in [0.29, 0.717) is 11.1 Å². The molecule has 136 valence electrons. The van der Waals surface area contributed by atoms with Gasteiger partial charge in [0.15, 0.2) is 5.60 Å². The van der Waals surface area contributed by atoms with E-state index in [4.69, 9.17) is 16.3 Å². The Hall–Kier alpha value is -2.67. The van der Waals surface area contributed by atoms with E-state index in [1.54, 1.807) is 24.3 Å². The molecule has 0 aromatic heterocycles. The van der Waals surface area contributed by atoms with Crippen molar-refractivity contribution in [3.05, 3.63) is 58.6 Å². The van der Waals surface area contributed by atoms with Crippen molar-refractivity contribution in [3.63, 3.8) is 0 Å². The second kappa shape index (κ2) is 6.92. The van der Waals surface area contributed by atoms with Crippen molar-refractivity contribution in [2.24, 2.45) is 0 Å². The smallest absolute Gasteiger partial charge is 0.387 e. The molecule has 1 amide bonds. The summed E-state index contributed by atoms with van der Waals surface area (Å²) < 4.78 is 34.1. The van der Waals surface area contributed by atoms with Crippen LogP contribution in [0.3, 0.4) is 0 Å². The van der Waals surface area contributed by atoms with Crippen molar-refractivity contribution < 1.29 is 27.8 Å². The molecule has 0 spiro atoms. The quantitative estimate of drug-likeness (QED) is 0.811. The number of amides is 1. The van der Waals surface area contributed by atoms with Gasteiger partial charge in [0.2, 0.25) is 0 Å². The molecular weight excluding hydrogens is 368 g/mol. The van der Waals surface area contributed by atoms with Crippen molar-refractivity contribution in [1.29, 1.82) is 0 Å². The highest BCUT2D eigenvalue weighted by Gasteiger charge is 2.42. The maximum Gasteiger partial charge on any atom is 0.387 e. The summed E-state index contributed by atoms with van der Waals surface area (Å²) in [5.41, 5.74) is -0.0111. The summed E-state index contributed by atoms with van der Waals surface area (Å²) in [5, 5.41) is 2.50. The van der Waals surface area contributed by atoms with Gasteiger partial charge < -0.3 is 14.8 Å². The molecule has 2 aromatic carbocycles. The van der Waals surface area contributed by atoms with E-state index in [1.807, 2.05) is 0 Å². The Labute approximate surface area is 152 Å². The molecule has 1 heterocycles. The maximum atomic E-state index is 12.6. The van der Waals surface area contributed by atoms with Crippen LogP contribution < -0.4 is 10.1 Å². The minimum absolute atomic E-state index is 0.0840. The van der Waals surface area contributed by atoms with Crippen LogP contribution in [0.15, 0.2) is 42.5 Å². The first-order chi connectivity index (χ1) is 12.3. The zero-order chi connectivity index (χ0) is 18.9. The first-order valence-electron chi connectivity index (χ1n) is 7.65. The number of hydrogen-bond donors (Lipinski definition) is 1. The predicted octanol–water partition coefficient (Wildman–Crippen LogP) is 4.05. The molecule has 0 radical (unpaired) electrons. The summed E-state index contributed by atoms with van der Waals surface area (Å²) in [6, 6.07) is 10.7. The third-order valence-corrected chi connectivity index (χ3v) is 4.26. The topological polar surface area (TPSA) is 64.6 Å². The number of esters is 1. The van der Waals surface area contributed by atoms with E-state index in [0.717, 1.165) is 0 Å². The molecule has 5 nitrogen and oxygen atoms in total. The minimum Gasteiger partial charge on any atom is -0.445 e. The Bertz CT molecular complexity index is 874. The van der Waals surface area contributed by atoms with Crippen LogP contribution in [0.4, 0.5) is 14.5 Å². The molecule has 0 bridgehead atoms. The average molecular weight is 382 g/mol. The second-order valence-corrected chi connectivity index (χ2v) is 6.34. The fourth-order valence-corrected chi connectivity index (χ4v) is 2.92. The van der Waals surface area contributed by atoms with Gasteiger partial charge in [-0.05, 0) is 36.8 Å². The van der Waals surface area contributed by atoms with Gasteiger partial charge in [0.05, 0.1) is 10.6 Å². The normalized spacial score (nSPS) is 18.9. The van der Waals surface area contributed by atoms with Crippen LogP contribution in [0.25, 0.3) is 0 Å². The van der Waals surface area contributed by atoms with Crippen molar-refractivity contribution in [1.82, 2.24) is 0 Å². The van der Waals surface area contributed by atoms with Gasteiger partial charge in [0.25, 0.3) is 5.91 Å². The number of cyclic esters (lactones) is 1. The largest absolute Gasteiger partial charge is 0.445 e. The number of rotatable bonds is 4. The molecule has 0 unspecified atom stereocenters. The van der Waals surface area contributed by atoms with Crippen LogP contribution in [0.1, 0.15) is 22.8 Å². The zero-order valence-corrected chi connectivity index (χ0v) is 14.3. The summed E-state index contributed by atoms with van der Waals surface area (Å²) in [4.78, 5) is 24.8. The highest BCUT2D eigenvalue weighted by atomic mass is 35.5. The lowest BCUT2D eigenvalue weighted by Gasteiger charge is -2.33. The molecule has 0 saturated heterocycles. The first-order valence-corrected chi connectivity index (χ1v) is 8.03. The van der Waals surface area contributed by atoms with Crippen LogP contribution in [0.2, 0.25) is 5.02 Å². The summed E-state index contributed by atoms with van der Waals surface area (Å²) >= 11 is 5.87. The molecule has 2 aromatic rings. The van der Waals surface area contributed by atoms with Gasteiger partial charge in [-0.25, -0.2) is 4.79 Å². The number of fused-ring (bicyclic) bond motifs is 1. The molecule has 3 rings (SSSR count). The van der Waals surface area contributed by atoms with Crippen molar-refractivity contribution in [2.45, 2.75) is 25.6 Å². The molecule has 1 aliphatic heterocycles. The Balaban J connectivity index is 1.78. The van der Waals surface area contributed by atoms with E-state index < -0.39 is 24.1 Å². The number of halogens is 3. The lowest BCUT2D eigenvalue weighted by molar-refractivity contribution is -0.134. The molecule has 1 aliphatic rings. The van der Waals surface area contributed by atoms with Crippen LogP contribution in [-0.2, 0) is 16.0 Å². The molecule has 1 atom stereocenters. The number of nitrogens with one attached hydrogen (secondary N) is 1. The van der Waals surface area contributed by atoms with Gasteiger partial charge >= 0.3 is 12.6 Å². The zero-order valence-electron chi connectivity index (χ0n) is 13.6. The SMILES string of the molecule is C[C@@]1(C(=O)Nc2ccc(OC(F)F)c(Cl)c2)Cc2ccccc2C(=O)O1. The molecular formula is C18H14ClF2NO4. The van der Waals surface area contributed by atoms with Crippen LogP contribution >= 0.6 is 11.6 Å². The van der Waals surface area contributed by atoms with Gasteiger partial charge in [0, 0.05) is 12.1 Å². The number of carbonyl (C=O) groups excluding carboxylic acids is 2. The van der Waals surface area contributed by atoms with Gasteiger partial charge in [-0.1, -0.05) is 29.8 Å². The van der Waals surface area contributed by atoms with E-state index in [9.17, 15) is 18.4 Å². The minimum atomic E-state index is -3.01. The van der Waals surface area contributed by atoms with Crippen molar-refractivity contribution >= 4 is 29.2 Å². The van der Waals surface area contributed by atoms with E-state index >= 15 is 0 Å². The molecule has 0 aliphatic carbocycles. The number of benzene rings is 2. The van der Waals surface area contributed by atoms with Gasteiger partial charge in [-0.3, -0.25) is 4.79 Å². The number of anilines is 1. The van der Waals surface area contributed by atoms with Gasteiger partial charge in [-0.15, -0.1) is 0 Å². The monoisotopic (exact) mass is 381 g/mol. The van der Waals surface area contributed by atoms with Gasteiger partial charge in [-0.2, -0.15) is 8.78 Å². The van der Waals surface area contributed by atoms with Crippen LogP contribution in [0.5, 0.6) is 5.75 Å². The highest BCUT2D eigenvalue weighted by Crippen LogP contribution is 2.32. The average Bonchev–Trinajstić information content (AvgIpc) is 2.57. The standard InChI is InChI=1S/C18H14ClF2NO4/c1-18(9-10-4-2-3-5-12(10)15(23)26-18)16(24)22-11-6-7-14(13(19)8-11)25-17(20)21/h2-8,17H,9H2,1H3,(H,22,24)/t18-/m0/s1. The summed E-state index contributed by atoms with van der Waals surface area (Å²) in [5.74, 6) is -1.34. The molecule has 0 saturated carbocycles. The molecule has 0 fully saturated rings. The Morgan fingerprint density at radius 2 is 2.04 bits per heavy atom. The molecule has 8 heteroatoms. The fourth-order valence-electron chi connectivity index (χ4n) is 2.69. The number of ether oxygens (including phenoxy) is 2. The summed E-state index contributed by atoms with van der Waals surface area (Å²) in [7, 11) is 0. The first kappa shape index (κ1) is 18.1. The van der Waals surface area contributed by atoms with E-state index in [2.05, 4.69) is 10.1 Å². The van der Waals surface area contributed by atoms with Crippen molar-refractivity contribution in [3.8, 4) is 5.75 Å². The Morgan fingerprint density at radius 3 is 2.73 bits per heavy atom. The Morgan fingerprint density at radius 1 is 1.31 bits per heavy atom. The van der Waals surface area contributed by atoms with Crippen LogP contribution in [0, 0.1) is 0 Å². The van der Waals surface area contributed by atoms with Gasteiger partial charge in [0.1, 0.15) is 5.75 Å². The Kier molecular flexibility index (Phi) is 4.82. The third-order valence-electron chi connectivity index (χ3n) is 3.97. The fraction of sp³-hybridized carbons (Fsp3) is 0.222. The predicted molar refractivity (Wildman–Crippen MR) is 90.7 cm³/mol. The highest BCUT2D eigenvalue weighted by molar-refractivity contribution is 6.32. The number of carbonyl (C=O) groups is 2. The summed E-state index contributed by atoms with van der Waals surface area (Å²) in [6.45, 7) is -1.50. The lowest BCUT2D eigenvalue weighted by atomic mass is 9.89. The van der Waals surface area contributed by atoms with E-state index in [-0.39, 0.29) is 22.9 Å². The summed E-state index contributed by atoms with van der Waals surface area (Å²) in [6.07, 6.45) is 0.209. The third kappa shape index (κ3) is 3.62. The second-order valence-electron chi connectivity index (χ2n) is 5.93. The number of hydrogen-bond acceptors (Lipinski definition) is 4. The van der Waals surface area contributed by atoms with Crippen LogP contribution in [-0.4, -0.2) is 24.1 Å². The lowest BCUT2D eigenvalue weighted by Crippen LogP contribution is -2.48. The van der Waals surface area contributed by atoms with Crippen molar-refractivity contribution in [2.75, 3.05) is 5.32 Å². The van der Waals surface area contributed by atoms with E-state index in [1.165, 1.54) is 25.1 Å². The number of alkyl halides is 2. The molecule has 1 N–H and O–H groups in total.